The van der Waals surface area contributed by atoms with Crippen molar-refractivity contribution in [3.05, 3.63) is 34.9 Å². The summed E-state index contributed by atoms with van der Waals surface area (Å²) >= 11 is 5.86. The van der Waals surface area contributed by atoms with Gasteiger partial charge >= 0.3 is 0 Å². The van der Waals surface area contributed by atoms with Crippen molar-refractivity contribution in [1.29, 1.82) is 0 Å². The first-order valence-corrected chi connectivity index (χ1v) is 7.17. The summed E-state index contributed by atoms with van der Waals surface area (Å²) < 4.78 is 0. The Morgan fingerprint density at radius 1 is 1.20 bits per heavy atom. The lowest BCUT2D eigenvalue weighted by Crippen LogP contribution is -2.46. The van der Waals surface area contributed by atoms with E-state index in [-0.39, 0.29) is 17.7 Å². The molecule has 4 nitrogen and oxygen atoms in total. The van der Waals surface area contributed by atoms with E-state index in [0.29, 0.717) is 11.4 Å². The predicted molar refractivity (Wildman–Crippen MR) is 78.1 cm³/mol. The van der Waals surface area contributed by atoms with E-state index in [4.69, 9.17) is 11.6 Å². The summed E-state index contributed by atoms with van der Waals surface area (Å²) in [6.07, 6.45) is 1.98. The van der Waals surface area contributed by atoms with Crippen molar-refractivity contribution < 1.29 is 9.59 Å². The van der Waals surface area contributed by atoms with Gasteiger partial charge in [0, 0.05) is 11.4 Å². The van der Waals surface area contributed by atoms with Crippen LogP contribution in [-0.4, -0.2) is 11.8 Å². The fourth-order valence-corrected chi connectivity index (χ4v) is 2.33. The number of hydrogen-bond donors (Lipinski definition) is 2. The molecule has 0 atom stereocenters. The molecule has 108 valence electrons. The molecule has 1 aromatic carbocycles. The van der Waals surface area contributed by atoms with Crippen molar-refractivity contribution in [2.75, 3.05) is 0 Å². The number of amides is 2. The normalized spacial score (nSPS) is 15.8. The van der Waals surface area contributed by atoms with Crippen LogP contribution in [0.3, 0.4) is 0 Å². The number of carbonyl (C=O) groups excluding carboxylic acids is 2. The minimum absolute atomic E-state index is 0.156. The fourth-order valence-electron chi connectivity index (χ4n) is 2.21. The van der Waals surface area contributed by atoms with E-state index in [9.17, 15) is 9.59 Å². The zero-order chi connectivity index (χ0) is 14.8. The zero-order valence-corrected chi connectivity index (χ0v) is 12.5. The molecule has 0 heterocycles. The van der Waals surface area contributed by atoms with Gasteiger partial charge in [-0.05, 0) is 36.5 Å². The molecule has 2 rings (SSSR count). The first-order valence-electron chi connectivity index (χ1n) is 6.79. The van der Waals surface area contributed by atoms with Crippen LogP contribution in [0.2, 0.25) is 5.02 Å². The first kappa shape index (κ1) is 14.9. The highest BCUT2D eigenvalue weighted by molar-refractivity contribution is 6.30. The summed E-state index contributed by atoms with van der Waals surface area (Å²) in [5.74, 6) is -0.0600. The van der Waals surface area contributed by atoms with E-state index < -0.39 is 5.41 Å². The molecule has 0 aromatic heterocycles. The topological polar surface area (TPSA) is 58.2 Å². The van der Waals surface area contributed by atoms with Gasteiger partial charge in [0.25, 0.3) is 0 Å². The van der Waals surface area contributed by atoms with Crippen molar-refractivity contribution in [2.24, 2.45) is 5.92 Å². The quantitative estimate of drug-likeness (QED) is 0.839. The van der Waals surface area contributed by atoms with E-state index >= 15 is 0 Å². The van der Waals surface area contributed by atoms with Gasteiger partial charge in [0.2, 0.25) is 11.8 Å². The fraction of sp³-hybridized carbons (Fsp3) is 0.467. The summed E-state index contributed by atoms with van der Waals surface area (Å²) in [6.45, 7) is 3.91. The SMILES string of the molecule is CC(C)CC(=O)NNC(=O)C1(c2ccc(Cl)cc2)CC1. The molecule has 0 aliphatic heterocycles. The second-order valence-corrected chi connectivity index (χ2v) is 6.13. The standard InChI is InChI=1S/C15H19ClN2O2/c1-10(2)9-13(19)17-18-14(20)15(7-8-15)11-3-5-12(16)6-4-11/h3-6,10H,7-9H2,1-2H3,(H,17,19)(H,18,20). The van der Waals surface area contributed by atoms with Crippen molar-refractivity contribution in [3.63, 3.8) is 0 Å². The Hall–Kier alpha value is -1.55. The number of carbonyl (C=O) groups is 2. The number of nitrogens with one attached hydrogen (secondary N) is 2. The monoisotopic (exact) mass is 294 g/mol. The number of halogens is 1. The Kier molecular flexibility index (Phi) is 4.33. The molecule has 2 amide bonds. The van der Waals surface area contributed by atoms with Crippen LogP contribution in [0.4, 0.5) is 0 Å². The zero-order valence-electron chi connectivity index (χ0n) is 11.7. The number of hydrazine groups is 1. The summed E-state index contributed by atoms with van der Waals surface area (Å²) in [7, 11) is 0. The average molecular weight is 295 g/mol. The summed E-state index contributed by atoms with van der Waals surface area (Å²) in [4.78, 5) is 23.8. The summed E-state index contributed by atoms with van der Waals surface area (Å²) in [5, 5.41) is 0.648. The second kappa shape index (κ2) is 5.83. The van der Waals surface area contributed by atoms with Crippen LogP contribution in [0.25, 0.3) is 0 Å². The third-order valence-corrected chi connectivity index (χ3v) is 3.74. The molecule has 20 heavy (non-hydrogen) atoms. The van der Waals surface area contributed by atoms with Gasteiger partial charge in [0.15, 0.2) is 0 Å². The van der Waals surface area contributed by atoms with Gasteiger partial charge in [-0.25, -0.2) is 0 Å². The maximum Gasteiger partial charge on any atom is 0.249 e. The number of hydrogen-bond acceptors (Lipinski definition) is 2. The van der Waals surface area contributed by atoms with Gasteiger partial charge in [0.05, 0.1) is 5.41 Å². The van der Waals surface area contributed by atoms with Crippen LogP contribution in [0, 0.1) is 5.92 Å². The Morgan fingerprint density at radius 2 is 1.80 bits per heavy atom. The van der Waals surface area contributed by atoms with Crippen molar-refractivity contribution in [3.8, 4) is 0 Å². The van der Waals surface area contributed by atoms with Crippen molar-refractivity contribution in [1.82, 2.24) is 10.9 Å². The maximum absolute atomic E-state index is 12.2. The van der Waals surface area contributed by atoms with Crippen LogP contribution in [-0.2, 0) is 15.0 Å². The molecule has 0 unspecified atom stereocenters. The Bertz CT molecular complexity index is 507. The molecule has 2 N–H and O–H groups in total. The third kappa shape index (κ3) is 3.31. The molecule has 0 radical (unpaired) electrons. The number of rotatable bonds is 4. The Balaban J connectivity index is 1.95. The van der Waals surface area contributed by atoms with Gasteiger partial charge < -0.3 is 0 Å². The Morgan fingerprint density at radius 3 is 2.30 bits per heavy atom. The van der Waals surface area contributed by atoms with Crippen LogP contribution < -0.4 is 10.9 Å². The molecule has 1 aliphatic rings. The van der Waals surface area contributed by atoms with Gasteiger partial charge in [-0.3, -0.25) is 20.4 Å². The van der Waals surface area contributed by atoms with E-state index in [2.05, 4.69) is 10.9 Å². The molecule has 1 saturated carbocycles. The molecule has 1 fully saturated rings. The van der Waals surface area contributed by atoms with Gasteiger partial charge in [-0.15, -0.1) is 0 Å². The molecule has 0 bridgehead atoms. The van der Waals surface area contributed by atoms with E-state index in [1.807, 2.05) is 26.0 Å². The molecular formula is C15H19ClN2O2. The molecule has 1 aliphatic carbocycles. The second-order valence-electron chi connectivity index (χ2n) is 5.69. The molecule has 5 heteroatoms. The molecule has 0 spiro atoms. The highest BCUT2D eigenvalue weighted by Crippen LogP contribution is 2.48. The summed E-state index contributed by atoms with van der Waals surface area (Å²) in [5.41, 5.74) is 5.45. The molecular weight excluding hydrogens is 276 g/mol. The van der Waals surface area contributed by atoms with Gasteiger partial charge in [0.1, 0.15) is 0 Å². The first-order chi connectivity index (χ1) is 9.44. The average Bonchev–Trinajstić information content (AvgIpc) is 3.17. The molecule has 1 aromatic rings. The number of benzene rings is 1. The smallest absolute Gasteiger partial charge is 0.249 e. The Labute approximate surface area is 123 Å². The summed E-state index contributed by atoms with van der Waals surface area (Å²) in [6, 6.07) is 7.29. The van der Waals surface area contributed by atoms with Crippen LogP contribution in [0.1, 0.15) is 38.7 Å². The van der Waals surface area contributed by atoms with Crippen molar-refractivity contribution in [2.45, 2.75) is 38.5 Å². The van der Waals surface area contributed by atoms with E-state index in [1.165, 1.54) is 0 Å². The highest BCUT2D eigenvalue weighted by Gasteiger charge is 2.51. The third-order valence-electron chi connectivity index (χ3n) is 3.49. The predicted octanol–water partition coefficient (Wildman–Crippen LogP) is 2.57. The van der Waals surface area contributed by atoms with Gasteiger partial charge in [-0.1, -0.05) is 37.6 Å². The lowest BCUT2D eigenvalue weighted by molar-refractivity contribution is -0.130. The largest absolute Gasteiger partial charge is 0.273 e. The van der Waals surface area contributed by atoms with Crippen LogP contribution in [0.15, 0.2) is 24.3 Å². The van der Waals surface area contributed by atoms with Crippen LogP contribution >= 0.6 is 11.6 Å². The lowest BCUT2D eigenvalue weighted by Gasteiger charge is -2.16. The van der Waals surface area contributed by atoms with Crippen LogP contribution in [0.5, 0.6) is 0 Å². The van der Waals surface area contributed by atoms with Gasteiger partial charge in [-0.2, -0.15) is 0 Å². The highest BCUT2D eigenvalue weighted by atomic mass is 35.5. The van der Waals surface area contributed by atoms with E-state index in [1.54, 1.807) is 12.1 Å². The maximum atomic E-state index is 12.2. The minimum atomic E-state index is -0.504. The lowest BCUT2D eigenvalue weighted by atomic mass is 9.95. The minimum Gasteiger partial charge on any atom is -0.273 e. The van der Waals surface area contributed by atoms with Crippen molar-refractivity contribution >= 4 is 23.4 Å². The van der Waals surface area contributed by atoms with E-state index in [0.717, 1.165) is 18.4 Å². The molecule has 0 saturated heterocycles.